The topological polar surface area (TPSA) is 83.0 Å². The van der Waals surface area contributed by atoms with E-state index in [0.29, 0.717) is 18.4 Å². The van der Waals surface area contributed by atoms with Crippen molar-refractivity contribution in [2.45, 2.75) is 32.3 Å². The molecule has 0 bridgehead atoms. The van der Waals surface area contributed by atoms with E-state index >= 15 is 0 Å². The molecule has 1 aliphatic rings. The highest BCUT2D eigenvalue weighted by molar-refractivity contribution is 6.28. The first kappa shape index (κ1) is 13.3. The third kappa shape index (κ3) is 3.43. The Bertz CT molecular complexity index is 403. The molecule has 1 saturated carbocycles. The van der Waals surface area contributed by atoms with Gasteiger partial charge in [-0.2, -0.15) is 15.0 Å². The number of aliphatic hydroxyl groups excluding tert-OH is 1. The third-order valence-corrected chi connectivity index (χ3v) is 3.25. The Labute approximate surface area is 111 Å². The van der Waals surface area contributed by atoms with Gasteiger partial charge in [0.2, 0.25) is 17.2 Å². The molecule has 3 N–H and O–H groups in total. The number of hydrogen-bond acceptors (Lipinski definition) is 6. The van der Waals surface area contributed by atoms with E-state index in [1.165, 1.54) is 0 Å². The van der Waals surface area contributed by atoms with Crippen molar-refractivity contribution < 1.29 is 5.11 Å². The first-order valence-electron chi connectivity index (χ1n) is 6.26. The van der Waals surface area contributed by atoms with E-state index in [9.17, 15) is 5.11 Å². The second kappa shape index (κ2) is 6.15. The van der Waals surface area contributed by atoms with Crippen LogP contribution in [0.1, 0.15) is 26.2 Å². The predicted octanol–water partition coefficient (Wildman–Crippen LogP) is 1.53. The van der Waals surface area contributed by atoms with Crippen LogP contribution >= 0.6 is 11.6 Å². The lowest BCUT2D eigenvalue weighted by Gasteiger charge is -2.15. The molecular weight excluding hydrogens is 254 g/mol. The number of rotatable bonds is 5. The molecule has 0 aromatic carbocycles. The molecule has 0 amide bonds. The molecule has 7 heteroatoms. The molecule has 2 unspecified atom stereocenters. The number of nitrogens with zero attached hydrogens (tertiary/aromatic N) is 3. The first-order valence-corrected chi connectivity index (χ1v) is 6.64. The largest absolute Gasteiger partial charge is 0.393 e. The van der Waals surface area contributed by atoms with E-state index < -0.39 is 0 Å². The zero-order valence-corrected chi connectivity index (χ0v) is 11.1. The Balaban J connectivity index is 1.95. The fourth-order valence-corrected chi connectivity index (χ4v) is 2.30. The normalized spacial score (nSPS) is 23.1. The Morgan fingerprint density at radius 2 is 1.94 bits per heavy atom. The summed E-state index contributed by atoms with van der Waals surface area (Å²) in [5.74, 6) is 1.18. The van der Waals surface area contributed by atoms with Crippen LogP contribution in [0.25, 0.3) is 0 Å². The molecule has 18 heavy (non-hydrogen) atoms. The Morgan fingerprint density at radius 1 is 1.22 bits per heavy atom. The maximum Gasteiger partial charge on any atom is 0.228 e. The Hall–Kier alpha value is -1.14. The Morgan fingerprint density at radius 3 is 2.56 bits per heavy atom. The number of aromatic nitrogens is 3. The van der Waals surface area contributed by atoms with Crippen LogP contribution in [0.2, 0.25) is 5.28 Å². The molecule has 0 saturated heterocycles. The van der Waals surface area contributed by atoms with Gasteiger partial charge in [0.15, 0.2) is 0 Å². The van der Waals surface area contributed by atoms with Gasteiger partial charge < -0.3 is 15.7 Å². The highest BCUT2D eigenvalue weighted by Crippen LogP contribution is 2.25. The summed E-state index contributed by atoms with van der Waals surface area (Å²) >= 11 is 5.82. The van der Waals surface area contributed by atoms with Crippen molar-refractivity contribution in [1.82, 2.24) is 15.0 Å². The van der Waals surface area contributed by atoms with Crippen molar-refractivity contribution in [2.24, 2.45) is 5.92 Å². The van der Waals surface area contributed by atoms with E-state index in [-0.39, 0.29) is 17.3 Å². The molecule has 1 aliphatic carbocycles. The molecule has 1 aromatic rings. The summed E-state index contributed by atoms with van der Waals surface area (Å²) in [7, 11) is 0. The van der Waals surface area contributed by atoms with Gasteiger partial charge in [0, 0.05) is 19.0 Å². The molecule has 0 spiro atoms. The van der Waals surface area contributed by atoms with Gasteiger partial charge in [0.05, 0.1) is 6.10 Å². The van der Waals surface area contributed by atoms with Gasteiger partial charge in [-0.25, -0.2) is 0 Å². The van der Waals surface area contributed by atoms with Crippen molar-refractivity contribution in [2.75, 3.05) is 23.7 Å². The molecule has 2 rings (SSSR count). The van der Waals surface area contributed by atoms with Crippen molar-refractivity contribution in [3.63, 3.8) is 0 Å². The Kier molecular flexibility index (Phi) is 4.54. The summed E-state index contributed by atoms with van der Waals surface area (Å²) < 4.78 is 0. The number of nitrogens with one attached hydrogen (secondary N) is 2. The van der Waals surface area contributed by atoms with Crippen LogP contribution in [0.3, 0.4) is 0 Å². The molecular formula is C11H18ClN5O. The highest BCUT2D eigenvalue weighted by Gasteiger charge is 2.25. The summed E-state index contributed by atoms with van der Waals surface area (Å²) in [6.07, 6.45) is 2.77. The minimum Gasteiger partial charge on any atom is -0.393 e. The van der Waals surface area contributed by atoms with Gasteiger partial charge in [0.1, 0.15) is 0 Å². The maximum absolute atomic E-state index is 9.73. The molecule has 0 aliphatic heterocycles. The predicted molar refractivity (Wildman–Crippen MR) is 70.8 cm³/mol. The van der Waals surface area contributed by atoms with Crippen molar-refractivity contribution in [3.05, 3.63) is 5.28 Å². The summed E-state index contributed by atoms with van der Waals surface area (Å²) in [4.78, 5) is 12.2. The SMILES string of the molecule is CCNc1nc(Cl)nc(NCC2CCCC2O)n1. The lowest BCUT2D eigenvalue weighted by molar-refractivity contribution is 0.138. The van der Waals surface area contributed by atoms with Gasteiger partial charge in [-0.1, -0.05) is 6.42 Å². The second-order valence-corrected chi connectivity index (χ2v) is 4.76. The van der Waals surface area contributed by atoms with Crippen molar-refractivity contribution in [3.8, 4) is 0 Å². The first-order chi connectivity index (χ1) is 8.69. The number of anilines is 2. The summed E-state index contributed by atoms with van der Waals surface area (Å²) in [6, 6.07) is 0. The molecule has 100 valence electrons. The van der Waals surface area contributed by atoms with Gasteiger partial charge >= 0.3 is 0 Å². The fourth-order valence-electron chi connectivity index (χ4n) is 2.14. The van der Waals surface area contributed by atoms with Crippen LogP contribution in [0.4, 0.5) is 11.9 Å². The number of aliphatic hydroxyl groups is 1. The number of hydrogen-bond donors (Lipinski definition) is 3. The molecule has 1 aromatic heterocycles. The minimum atomic E-state index is -0.219. The molecule has 1 heterocycles. The lowest BCUT2D eigenvalue weighted by atomic mass is 10.1. The van der Waals surface area contributed by atoms with Crippen LogP contribution in [0.15, 0.2) is 0 Å². The van der Waals surface area contributed by atoms with Crippen LogP contribution in [-0.4, -0.2) is 39.3 Å². The smallest absolute Gasteiger partial charge is 0.228 e. The quantitative estimate of drug-likeness (QED) is 0.753. The fraction of sp³-hybridized carbons (Fsp3) is 0.727. The van der Waals surface area contributed by atoms with Crippen molar-refractivity contribution in [1.29, 1.82) is 0 Å². The van der Waals surface area contributed by atoms with Crippen LogP contribution in [-0.2, 0) is 0 Å². The molecule has 0 radical (unpaired) electrons. The summed E-state index contributed by atoms with van der Waals surface area (Å²) in [5.41, 5.74) is 0. The van der Waals surface area contributed by atoms with Crippen LogP contribution < -0.4 is 10.6 Å². The van der Waals surface area contributed by atoms with E-state index in [2.05, 4.69) is 25.6 Å². The average Bonchev–Trinajstić information content (AvgIpc) is 2.72. The minimum absolute atomic E-state index is 0.162. The molecule has 1 fully saturated rings. The molecule has 6 nitrogen and oxygen atoms in total. The number of halogens is 1. The van der Waals surface area contributed by atoms with Gasteiger partial charge in [0.25, 0.3) is 0 Å². The molecule has 2 atom stereocenters. The standard InChI is InChI=1S/C11H18ClN5O/c1-2-13-10-15-9(12)16-11(17-10)14-6-7-4-3-5-8(7)18/h7-8,18H,2-6H2,1H3,(H2,13,14,15,16,17). The average molecular weight is 272 g/mol. The summed E-state index contributed by atoms with van der Waals surface area (Å²) in [5, 5.41) is 16.0. The van der Waals surface area contributed by atoms with Crippen molar-refractivity contribution >= 4 is 23.5 Å². The highest BCUT2D eigenvalue weighted by atomic mass is 35.5. The monoisotopic (exact) mass is 271 g/mol. The van der Waals surface area contributed by atoms with Gasteiger partial charge in [-0.05, 0) is 31.4 Å². The van der Waals surface area contributed by atoms with Gasteiger partial charge in [-0.15, -0.1) is 0 Å². The zero-order valence-electron chi connectivity index (χ0n) is 10.4. The van der Waals surface area contributed by atoms with E-state index in [4.69, 9.17) is 11.6 Å². The summed E-state index contributed by atoms with van der Waals surface area (Å²) in [6.45, 7) is 3.34. The lowest BCUT2D eigenvalue weighted by Crippen LogP contribution is -2.23. The van der Waals surface area contributed by atoms with E-state index in [0.717, 1.165) is 25.8 Å². The second-order valence-electron chi connectivity index (χ2n) is 4.42. The maximum atomic E-state index is 9.73. The van der Waals surface area contributed by atoms with Crippen LogP contribution in [0, 0.1) is 5.92 Å². The van der Waals surface area contributed by atoms with E-state index in [1.54, 1.807) is 0 Å². The zero-order chi connectivity index (χ0) is 13.0. The van der Waals surface area contributed by atoms with E-state index in [1.807, 2.05) is 6.92 Å². The van der Waals surface area contributed by atoms with Crippen LogP contribution in [0.5, 0.6) is 0 Å². The van der Waals surface area contributed by atoms with Gasteiger partial charge in [-0.3, -0.25) is 0 Å². The third-order valence-electron chi connectivity index (χ3n) is 3.08.